The van der Waals surface area contributed by atoms with Crippen LogP contribution in [0.5, 0.6) is 11.5 Å². The standard InChI is InChI=1S/C24H25NO2/c1-18(2)23(20-11-5-3-6-12-20)24(25)26-17-19-10-9-15-22(16-19)27-21-13-7-4-8-14-21/h3-16,18,23,25H,17H2,1-2H3. The fraction of sp³-hybridized carbons (Fsp3) is 0.208. The largest absolute Gasteiger partial charge is 0.476 e. The number of para-hydroxylation sites is 1. The predicted molar refractivity (Wildman–Crippen MR) is 109 cm³/mol. The zero-order chi connectivity index (χ0) is 19.1. The highest BCUT2D eigenvalue weighted by Crippen LogP contribution is 2.27. The molecule has 0 saturated carbocycles. The highest BCUT2D eigenvalue weighted by molar-refractivity contribution is 5.81. The van der Waals surface area contributed by atoms with Crippen LogP contribution in [0.4, 0.5) is 0 Å². The highest BCUT2D eigenvalue weighted by Gasteiger charge is 2.22. The van der Waals surface area contributed by atoms with Gasteiger partial charge in [0.25, 0.3) is 0 Å². The first-order valence-corrected chi connectivity index (χ1v) is 9.21. The topological polar surface area (TPSA) is 42.3 Å². The van der Waals surface area contributed by atoms with E-state index in [4.69, 9.17) is 14.9 Å². The van der Waals surface area contributed by atoms with Crippen molar-refractivity contribution in [1.82, 2.24) is 0 Å². The smallest absolute Gasteiger partial charge is 0.188 e. The first kappa shape index (κ1) is 18.7. The fourth-order valence-corrected chi connectivity index (χ4v) is 3.07. The lowest BCUT2D eigenvalue weighted by Gasteiger charge is -2.22. The summed E-state index contributed by atoms with van der Waals surface area (Å²) in [5.41, 5.74) is 2.09. The molecule has 0 amide bonds. The summed E-state index contributed by atoms with van der Waals surface area (Å²) in [6, 6.07) is 27.6. The van der Waals surface area contributed by atoms with Gasteiger partial charge >= 0.3 is 0 Å². The lowest BCUT2D eigenvalue weighted by atomic mass is 9.88. The van der Waals surface area contributed by atoms with Crippen LogP contribution in [0, 0.1) is 11.3 Å². The summed E-state index contributed by atoms with van der Waals surface area (Å²) >= 11 is 0. The highest BCUT2D eigenvalue weighted by atomic mass is 16.5. The molecule has 0 bridgehead atoms. The molecule has 0 saturated heterocycles. The third-order valence-corrected chi connectivity index (χ3v) is 4.38. The zero-order valence-electron chi connectivity index (χ0n) is 15.8. The molecule has 3 heteroatoms. The van der Waals surface area contributed by atoms with Crippen molar-refractivity contribution >= 4 is 5.90 Å². The summed E-state index contributed by atoms with van der Waals surface area (Å²) < 4.78 is 11.7. The molecule has 0 fully saturated rings. The molecular weight excluding hydrogens is 334 g/mol. The Balaban J connectivity index is 1.65. The van der Waals surface area contributed by atoms with Crippen molar-refractivity contribution in [3.8, 4) is 11.5 Å². The Hall–Kier alpha value is -3.07. The van der Waals surface area contributed by atoms with Gasteiger partial charge in [0.2, 0.25) is 0 Å². The van der Waals surface area contributed by atoms with Crippen LogP contribution in [0.1, 0.15) is 30.9 Å². The van der Waals surface area contributed by atoms with Crippen molar-refractivity contribution in [1.29, 1.82) is 5.41 Å². The van der Waals surface area contributed by atoms with Gasteiger partial charge in [-0.1, -0.05) is 74.5 Å². The molecule has 3 aromatic carbocycles. The van der Waals surface area contributed by atoms with Crippen LogP contribution in [0.2, 0.25) is 0 Å². The second-order valence-corrected chi connectivity index (χ2v) is 6.85. The van der Waals surface area contributed by atoms with Gasteiger partial charge in [0.1, 0.15) is 18.1 Å². The molecule has 1 unspecified atom stereocenters. The van der Waals surface area contributed by atoms with Crippen LogP contribution in [0.15, 0.2) is 84.9 Å². The molecule has 1 N–H and O–H groups in total. The van der Waals surface area contributed by atoms with Crippen molar-refractivity contribution in [2.75, 3.05) is 0 Å². The van der Waals surface area contributed by atoms with Crippen LogP contribution < -0.4 is 4.74 Å². The van der Waals surface area contributed by atoms with Gasteiger partial charge < -0.3 is 9.47 Å². The predicted octanol–water partition coefficient (Wildman–Crippen LogP) is 6.41. The molecule has 3 nitrogen and oxygen atoms in total. The maximum atomic E-state index is 8.44. The van der Waals surface area contributed by atoms with E-state index < -0.39 is 0 Å². The van der Waals surface area contributed by atoms with Crippen molar-refractivity contribution < 1.29 is 9.47 Å². The number of benzene rings is 3. The van der Waals surface area contributed by atoms with Crippen LogP contribution in [-0.2, 0) is 11.3 Å². The third kappa shape index (κ3) is 5.20. The lowest BCUT2D eigenvalue weighted by molar-refractivity contribution is 0.266. The van der Waals surface area contributed by atoms with E-state index in [1.54, 1.807) is 0 Å². The maximum Gasteiger partial charge on any atom is 0.188 e. The molecule has 0 aromatic heterocycles. The minimum absolute atomic E-state index is 0.0463. The molecule has 0 aliphatic heterocycles. The third-order valence-electron chi connectivity index (χ3n) is 4.38. The average Bonchev–Trinajstić information content (AvgIpc) is 2.68. The normalized spacial score (nSPS) is 11.8. The number of ether oxygens (including phenoxy) is 2. The Morgan fingerprint density at radius 1 is 0.815 bits per heavy atom. The number of hydrogen-bond acceptors (Lipinski definition) is 3. The Bertz CT molecular complexity index is 860. The van der Waals surface area contributed by atoms with E-state index in [-0.39, 0.29) is 11.8 Å². The van der Waals surface area contributed by atoms with E-state index >= 15 is 0 Å². The minimum atomic E-state index is -0.0463. The van der Waals surface area contributed by atoms with Crippen molar-refractivity contribution in [3.63, 3.8) is 0 Å². The average molecular weight is 359 g/mol. The minimum Gasteiger partial charge on any atom is -0.476 e. The van der Waals surface area contributed by atoms with Crippen LogP contribution in [-0.4, -0.2) is 5.90 Å². The Morgan fingerprint density at radius 2 is 1.44 bits per heavy atom. The maximum absolute atomic E-state index is 8.44. The molecule has 0 aliphatic rings. The molecule has 0 aliphatic carbocycles. The van der Waals surface area contributed by atoms with E-state index in [0.717, 1.165) is 22.6 Å². The molecule has 0 radical (unpaired) electrons. The molecule has 1 atom stereocenters. The SMILES string of the molecule is CC(C)C(C(=N)OCc1cccc(Oc2ccccc2)c1)c1ccccc1. The summed E-state index contributed by atoms with van der Waals surface area (Å²) in [5, 5.41) is 8.44. The van der Waals surface area contributed by atoms with Gasteiger partial charge in [0, 0.05) is 0 Å². The molecule has 0 spiro atoms. The summed E-state index contributed by atoms with van der Waals surface area (Å²) in [7, 11) is 0. The number of nitrogens with one attached hydrogen (secondary N) is 1. The van der Waals surface area contributed by atoms with E-state index in [0.29, 0.717) is 12.5 Å². The Morgan fingerprint density at radius 3 is 2.11 bits per heavy atom. The van der Waals surface area contributed by atoms with Gasteiger partial charge in [-0.3, -0.25) is 5.41 Å². The first-order valence-electron chi connectivity index (χ1n) is 9.21. The summed E-state index contributed by atoms with van der Waals surface area (Å²) in [6.45, 7) is 4.58. The number of hydrogen-bond donors (Lipinski definition) is 1. The van der Waals surface area contributed by atoms with Gasteiger partial charge in [-0.25, -0.2) is 0 Å². The summed E-state index contributed by atoms with van der Waals surface area (Å²) in [4.78, 5) is 0. The van der Waals surface area contributed by atoms with E-state index in [2.05, 4.69) is 26.0 Å². The van der Waals surface area contributed by atoms with Gasteiger partial charge in [-0.15, -0.1) is 0 Å². The quantitative estimate of drug-likeness (QED) is 0.391. The molecule has 27 heavy (non-hydrogen) atoms. The van der Waals surface area contributed by atoms with Crippen LogP contribution in [0.3, 0.4) is 0 Å². The summed E-state index contributed by atoms with van der Waals surface area (Å²) in [5.74, 6) is 2.10. The van der Waals surface area contributed by atoms with E-state index in [1.165, 1.54) is 0 Å². The molecule has 3 aromatic rings. The van der Waals surface area contributed by atoms with Gasteiger partial charge in [0.05, 0.1) is 5.92 Å². The molecule has 138 valence electrons. The van der Waals surface area contributed by atoms with Gasteiger partial charge in [-0.2, -0.15) is 0 Å². The second kappa shape index (κ2) is 9.04. The zero-order valence-corrected chi connectivity index (χ0v) is 15.8. The van der Waals surface area contributed by atoms with Crippen LogP contribution in [0.25, 0.3) is 0 Å². The van der Waals surface area contributed by atoms with E-state index in [1.807, 2.05) is 72.8 Å². The fourth-order valence-electron chi connectivity index (χ4n) is 3.07. The van der Waals surface area contributed by atoms with Gasteiger partial charge in [-0.05, 0) is 41.3 Å². The number of rotatable bonds is 7. The van der Waals surface area contributed by atoms with Crippen molar-refractivity contribution in [2.45, 2.75) is 26.4 Å². The Labute approximate surface area is 161 Å². The summed E-state index contributed by atoms with van der Waals surface area (Å²) in [6.07, 6.45) is 0. The molecule has 3 rings (SSSR count). The molecular formula is C24H25NO2. The monoisotopic (exact) mass is 359 g/mol. The lowest BCUT2D eigenvalue weighted by Crippen LogP contribution is -2.20. The van der Waals surface area contributed by atoms with Gasteiger partial charge in [0.15, 0.2) is 5.90 Å². The Kier molecular flexibility index (Phi) is 6.26. The molecule has 0 heterocycles. The second-order valence-electron chi connectivity index (χ2n) is 6.85. The van der Waals surface area contributed by atoms with Crippen molar-refractivity contribution in [3.05, 3.63) is 96.1 Å². The first-order chi connectivity index (χ1) is 13.1. The van der Waals surface area contributed by atoms with E-state index in [9.17, 15) is 0 Å². The van der Waals surface area contributed by atoms with Crippen LogP contribution >= 0.6 is 0 Å². The van der Waals surface area contributed by atoms with Crippen molar-refractivity contribution in [2.24, 2.45) is 5.92 Å².